The smallest absolute Gasteiger partial charge is 0.220 e. The molecule has 0 atom stereocenters. The van der Waals surface area contributed by atoms with E-state index in [9.17, 15) is 9.59 Å². The predicted molar refractivity (Wildman–Crippen MR) is 103 cm³/mol. The summed E-state index contributed by atoms with van der Waals surface area (Å²) in [7, 11) is 4.24. The highest BCUT2D eigenvalue weighted by atomic mass is 16.2. The molecule has 2 heterocycles. The summed E-state index contributed by atoms with van der Waals surface area (Å²) in [5.74, 6) is 0.170. The summed E-state index contributed by atoms with van der Waals surface area (Å²) in [5, 5.41) is 5.97. The van der Waals surface area contributed by atoms with E-state index in [-0.39, 0.29) is 11.8 Å². The number of piperazine rings is 2. The van der Waals surface area contributed by atoms with Gasteiger partial charge in [0.1, 0.15) is 0 Å². The number of rotatable bonds is 9. The second-order valence-corrected chi connectivity index (χ2v) is 7.57. The third kappa shape index (κ3) is 8.44. The Labute approximate surface area is 157 Å². The van der Waals surface area contributed by atoms with Crippen LogP contribution in [-0.2, 0) is 9.59 Å². The van der Waals surface area contributed by atoms with Gasteiger partial charge in [-0.25, -0.2) is 0 Å². The van der Waals surface area contributed by atoms with Gasteiger partial charge in [-0.2, -0.15) is 0 Å². The zero-order valence-electron chi connectivity index (χ0n) is 16.5. The molecule has 0 saturated carbocycles. The van der Waals surface area contributed by atoms with Crippen LogP contribution in [0.5, 0.6) is 0 Å². The Bertz CT molecular complexity index is 391. The second-order valence-electron chi connectivity index (χ2n) is 7.57. The third-order valence-corrected chi connectivity index (χ3v) is 5.25. The number of likely N-dealkylation sites (N-methyl/N-ethyl adjacent to an activating group) is 2. The minimum Gasteiger partial charge on any atom is -0.343 e. The van der Waals surface area contributed by atoms with Gasteiger partial charge in [0.15, 0.2) is 0 Å². The molecule has 2 saturated heterocycles. The van der Waals surface area contributed by atoms with Gasteiger partial charge in [-0.1, -0.05) is 0 Å². The highest BCUT2D eigenvalue weighted by Gasteiger charge is 2.15. The van der Waals surface area contributed by atoms with E-state index in [2.05, 4.69) is 44.3 Å². The maximum absolute atomic E-state index is 11.9. The standard InChI is InChI=1S/C18H36N6O2/c1-21-7-11-23(12-8-21)15-19-17(25)5-3-4-6-18(26)20-16-24-13-9-22(2)10-14-24/h3-16H2,1-2H3,(H,19,25)(H,20,26). The molecule has 2 N–H and O–H groups in total. The summed E-state index contributed by atoms with van der Waals surface area (Å²) in [6.07, 6.45) is 2.52. The SMILES string of the molecule is CN1CCN(CNC(=O)CCCCC(=O)NCN2CCN(C)CC2)CC1. The Hall–Kier alpha value is -1.22. The fourth-order valence-corrected chi connectivity index (χ4v) is 3.16. The summed E-state index contributed by atoms with van der Waals surface area (Å²) in [6.45, 7) is 9.51. The van der Waals surface area contributed by atoms with Crippen molar-refractivity contribution in [3.8, 4) is 0 Å². The van der Waals surface area contributed by atoms with Crippen molar-refractivity contribution in [1.29, 1.82) is 0 Å². The number of hydrogen-bond acceptors (Lipinski definition) is 6. The summed E-state index contributed by atoms with van der Waals surface area (Å²) in [4.78, 5) is 32.9. The maximum Gasteiger partial charge on any atom is 0.220 e. The quantitative estimate of drug-likeness (QED) is 0.519. The van der Waals surface area contributed by atoms with Gasteiger partial charge in [0, 0.05) is 65.2 Å². The lowest BCUT2D eigenvalue weighted by Gasteiger charge is -2.32. The Balaban J connectivity index is 1.44. The highest BCUT2D eigenvalue weighted by molar-refractivity contribution is 5.77. The van der Waals surface area contributed by atoms with E-state index in [1.54, 1.807) is 0 Å². The molecule has 0 unspecified atom stereocenters. The first-order valence-electron chi connectivity index (χ1n) is 9.88. The van der Waals surface area contributed by atoms with Crippen LogP contribution in [0.3, 0.4) is 0 Å². The predicted octanol–water partition coefficient (Wildman–Crippen LogP) is -0.811. The number of nitrogens with zero attached hydrogens (tertiary/aromatic N) is 4. The third-order valence-electron chi connectivity index (χ3n) is 5.25. The minimum absolute atomic E-state index is 0.0850. The lowest BCUT2D eigenvalue weighted by molar-refractivity contribution is -0.123. The average Bonchev–Trinajstić information content (AvgIpc) is 2.64. The molecule has 8 heteroatoms. The van der Waals surface area contributed by atoms with Crippen molar-refractivity contribution < 1.29 is 9.59 Å². The Morgan fingerprint density at radius 3 is 1.35 bits per heavy atom. The molecular weight excluding hydrogens is 332 g/mol. The first-order chi connectivity index (χ1) is 12.5. The molecule has 2 fully saturated rings. The summed E-state index contributed by atoms with van der Waals surface area (Å²) in [5.41, 5.74) is 0. The van der Waals surface area contributed by atoms with Gasteiger partial charge in [-0.3, -0.25) is 19.4 Å². The molecule has 0 bridgehead atoms. The van der Waals surface area contributed by atoms with Gasteiger partial charge in [-0.05, 0) is 26.9 Å². The lowest BCUT2D eigenvalue weighted by atomic mass is 10.2. The molecule has 8 nitrogen and oxygen atoms in total. The number of carbonyl (C=O) groups excluding carboxylic acids is 2. The van der Waals surface area contributed by atoms with Crippen LogP contribution in [0.25, 0.3) is 0 Å². The molecule has 26 heavy (non-hydrogen) atoms. The van der Waals surface area contributed by atoms with E-state index < -0.39 is 0 Å². The fraction of sp³-hybridized carbons (Fsp3) is 0.889. The first-order valence-corrected chi connectivity index (χ1v) is 9.88. The molecule has 2 rings (SSSR count). The molecule has 2 amide bonds. The van der Waals surface area contributed by atoms with E-state index in [1.165, 1.54) is 0 Å². The van der Waals surface area contributed by atoms with Crippen LogP contribution in [0.2, 0.25) is 0 Å². The number of unbranched alkanes of at least 4 members (excludes halogenated alkanes) is 1. The molecule has 0 radical (unpaired) electrons. The van der Waals surface area contributed by atoms with Crippen LogP contribution in [0, 0.1) is 0 Å². The molecule has 0 spiro atoms. The Morgan fingerprint density at radius 1 is 0.654 bits per heavy atom. The van der Waals surface area contributed by atoms with Crippen LogP contribution >= 0.6 is 0 Å². The van der Waals surface area contributed by atoms with E-state index in [1.807, 2.05) is 0 Å². The van der Waals surface area contributed by atoms with E-state index in [0.29, 0.717) is 26.2 Å². The van der Waals surface area contributed by atoms with Crippen molar-refractivity contribution in [1.82, 2.24) is 30.2 Å². The first kappa shape index (κ1) is 21.1. The fourth-order valence-electron chi connectivity index (χ4n) is 3.16. The van der Waals surface area contributed by atoms with Crippen molar-refractivity contribution in [2.75, 3.05) is 79.8 Å². The molecule has 0 aromatic carbocycles. The Morgan fingerprint density at radius 2 is 1.00 bits per heavy atom. The molecule has 2 aliphatic rings. The van der Waals surface area contributed by atoms with Crippen LogP contribution in [0.15, 0.2) is 0 Å². The molecular formula is C18H36N6O2. The maximum atomic E-state index is 11.9. The van der Waals surface area contributed by atoms with Crippen molar-refractivity contribution in [3.63, 3.8) is 0 Å². The van der Waals surface area contributed by atoms with E-state index in [0.717, 1.165) is 65.2 Å². The second kappa shape index (κ2) is 11.5. The molecule has 0 aromatic rings. The van der Waals surface area contributed by atoms with Crippen LogP contribution in [0.1, 0.15) is 25.7 Å². The van der Waals surface area contributed by atoms with E-state index in [4.69, 9.17) is 0 Å². The van der Waals surface area contributed by atoms with Crippen molar-refractivity contribution in [2.45, 2.75) is 25.7 Å². The molecule has 2 aliphatic heterocycles. The summed E-state index contributed by atoms with van der Waals surface area (Å²) >= 11 is 0. The zero-order chi connectivity index (χ0) is 18.8. The number of nitrogens with one attached hydrogen (secondary N) is 2. The van der Waals surface area contributed by atoms with Crippen molar-refractivity contribution >= 4 is 11.8 Å². The van der Waals surface area contributed by atoms with Crippen LogP contribution in [0.4, 0.5) is 0 Å². The van der Waals surface area contributed by atoms with Gasteiger partial charge in [0.25, 0.3) is 0 Å². The molecule has 0 aliphatic carbocycles. The van der Waals surface area contributed by atoms with E-state index >= 15 is 0 Å². The lowest BCUT2D eigenvalue weighted by Crippen LogP contribution is -2.48. The van der Waals surface area contributed by atoms with Gasteiger partial charge in [0.05, 0.1) is 13.3 Å². The molecule has 0 aromatic heterocycles. The van der Waals surface area contributed by atoms with Gasteiger partial charge in [-0.15, -0.1) is 0 Å². The highest BCUT2D eigenvalue weighted by Crippen LogP contribution is 2.02. The summed E-state index contributed by atoms with van der Waals surface area (Å²) in [6, 6.07) is 0. The Kier molecular flexibility index (Phi) is 9.31. The topological polar surface area (TPSA) is 71.2 Å². The number of amides is 2. The zero-order valence-corrected chi connectivity index (χ0v) is 16.5. The van der Waals surface area contributed by atoms with Gasteiger partial charge >= 0.3 is 0 Å². The van der Waals surface area contributed by atoms with Crippen molar-refractivity contribution in [3.05, 3.63) is 0 Å². The van der Waals surface area contributed by atoms with Gasteiger partial charge in [0.2, 0.25) is 11.8 Å². The normalized spacial score (nSPS) is 20.8. The molecule has 150 valence electrons. The monoisotopic (exact) mass is 368 g/mol. The average molecular weight is 369 g/mol. The van der Waals surface area contributed by atoms with Crippen molar-refractivity contribution in [2.24, 2.45) is 0 Å². The van der Waals surface area contributed by atoms with Gasteiger partial charge < -0.3 is 20.4 Å². The minimum atomic E-state index is 0.0850. The largest absolute Gasteiger partial charge is 0.343 e. The number of hydrogen-bond donors (Lipinski definition) is 2. The number of carbonyl (C=O) groups is 2. The van der Waals surface area contributed by atoms with Crippen LogP contribution in [-0.4, -0.2) is 111 Å². The van der Waals surface area contributed by atoms with Crippen LogP contribution < -0.4 is 10.6 Å². The summed E-state index contributed by atoms with van der Waals surface area (Å²) < 4.78 is 0.